The summed E-state index contributed by atoms with van der Waals surface area (Å²) in [6, 6.07) is 0. The number of aliphatic hydroxyl groups is 1. The van der Waals surface area contributed by atoms with Crippen LogP contribution in [0.3, 0.4) is 0 Å². The molecule has 200 valence electrons. The summed E-state index contributed by atoms with van der Waals surface area (Å²) in [6.07, 6.45) is 8.29. The van der Waals surface area contributed by atoms with Gasteiger partial charge in [-0.05, 0) is 85.4 Å². The third-order valence-corrected chi connectivity index (χ3v) is 9.92. The summed E-state index contributed by atoms with van der Waals surface area (Å²) in [5.41, 5.74) is 0.385. The zero-order chi connectivity index (χ0) is 26.3. The van der Waals surface area contributed by atoms with Gasteiger partial charge >= 0.3 is 5.97 Å². The van der Waals surface area contributed by atoms with Crippen LogP contribution in [0.25, 0.3) is 0 Å². The minimum Gasteiger partial charge on any atom is -0.469 e. The second-order valence-electron chi connectivity index (χ2n) is 11.0. The van der Waals surface area contributed by atoms with Crippen molar-refractivity contribution in [3.05, 3.63) is 0 Å². The Labute approximate surface area is 211 Å². The number of ketones is 1. The Morgan fingerprint density at radius 3 is 2.12 bits per heavy atom. The zero-order valence-electron chi connectivity index (χ0n) is 24.1. The van der Waals surface area contributed by atoms with Crippen LogP contribution in [0.5, 0.6) is 0 Å². The number of carbonyl (C=O) groups excluding carboxylic acids is 2. The smallest absolute Gasteiger partial charge is 0.305 e. The van der Waals surface area contributed by atoms with Gasteiger partial charge in [-0.2, -0.15) is 0 Å². The molecule has 4 aliphatic rings. The van der Waals surface area contributed by atoms with Crippen molar-refractivity contribution in [2.75, 3.05) is 7.11 Å². The molecule has 1 N–H and O–H groups in total. The highest BCUT2D eigenvalue weighted by atomic mass is 16.5. The molecule has 0 aromatic heterocycles. The number of aliphatic hydroxyl groups excluding tert-OH is 1. The first-order chi connectivity index (χ1) is 16.2. The van der Waals surface area contributed by atoms with Gasteiger partial charge in [0.15, 0.2) is 0 Å². The van der Waals surface area contributed by atoms with Crippen LogP contribution in [0, 0.1) is 46.3 Å². The van der Waals surface area contributed by atoms with Crippen molar-refractivity contribution in [1.82, 2.24) is 0 Å². The lowest BCUT2D eigenvalue weighted by atomic mass is 9.44. The lowest BCUT2D eigenvalue weighted by Crippen LogP contribution is -2.57. The molecule has 4 rings (SSSR count). The van der Waals surface area contributed by atoms with Crippen molar-refractivity contribution < 1.29 is 19.4 Å². The minimum atomic E-state index is -0.216. The lowest BCUT2D eigenvalue weighted by Gasteiger charge is -2.60. The van der Waals surface area contributed by atoms with Crippen LogP contribution in [0.2, 0.25) is 0 Å². The molecular weight excluding hydrogens is 424 g/mol. The number of hydrogen-bond donors (Lipinski definition) is 1. The Morgan fingerprint density at radius 2 is 1.53 bits per heavy atom. The van der Waals surface area contributed by atoms with Crippen molar-refractivity contribution in [2.24, 2.45) is 46.3 Å². The molecule has 4 saturated carbocycles. The van der Waals surface area contributed by atoms with E-state index in [4.69, 9.17) is 4.74 Å². The van der Waals surface area contributed by atoms with Gasteiger partial charge in [0.2, 0.25) is 0 Å². The Hall–Kier alpha value is -0.900. The fourth-order valence-electron chi connectivity index (χ4n) is 8.37. The van der Waals surface area contributed by atoms with Gasteiger partial charge in [0.1, 0.15) is 5.78 Å². The summed E-state index contributed by atoms with van der Waals surface area (Å²) in [4.78, 5) is 25.2. The fraction of sp³-hybridized carbons (Fsp3) is 0.933. The number of esters is 1. The first-order valence-corrected chi connectivity index (χ1v) is 14.5. The largest absolute Gasteiger partial charge is 0.469 e. The van der Waals surface area contributed by atoms with Gasteiger partial charge in [-0.3, -0.25) is 9.59 Å². The number of fused-ring (bicyclic) bond motifs is 5. The molecule has 0 aliphatic heterocycles. The van der Waals surface area contributed by atoms with Crippen LogP contribution in [0.1, 0.15) is 120 Å². The molecule has 0 amide bonds. The van der Waals surface area contributed by atoms with Crippen LogP contribution in [-0.4, -0.2) is 30.1 Å². The van der Waals surface area contributed by atoms with Crippen molar-refractivity contribution in [3.8, 4) is 0 Å². The van der Waals surface area contributed by atoms with Gasteiger partial charge in [0, 0.05) is 18.8 Å². The highest BCUT2D eigenvalue weighted by Gasteiger charge is 2.63. The first-order valence-electron chi connectivity index (χ1n) is 14.5. The van der Waals surface area contributed by atoms with E-state index in [9.17, 15) is 14.7 Å². The molecule has 4 nitrogen and oxygen atoms in total. The van der Waals surface area contributed by atoms with E-state index in [0.717, 1.165) is 38.5 Å². The Kier molecular flexibility index (Phi) is 12.3. The average molecular weight is 481 g/mol. The third kappa shape index (κ3) is 5.73. The molecule has 0 aromatic carbocycles. The molecule has 0 aromatic rings. The van der Waals surface area contributed by atoms with Crippen LogP contribution in [-0.2, 0) is 14.3 Å². The summed E-state index contributed by atoms with van der Waals surface area (Å²) in [5, 5.41) is 10.2. The van der Waals surface area contributed by atoms with Crippen LogP contribution in [0.15, 0.2) is 0 Å². The van der Waals surface area contributed by atoms with Gasteiger partial charge in [-0.15, -0.1) is 0 Å². The normalized spacial score (nSPS) is 40.9. The Bertz CT molecular complexity index is 646. The predicted molar refractivity (Wildman–Crippen MR) is 141 cm³/mol. The van der Waals surface area contributed by atoms with Gasteiger partial charge in [0.05, 0.1) is 13.2 Å². The number of ether oxygens (including phenoxy) is 1. The van der Waals surface area contributed by atoms with Crippen molar-refractivity contribution >= 4 is 11.8 Å². The van der Waals surface area contributed by atoms with E-state index >= 15 is 0 Å². The molecule has 0 spiro atoms. The second-order valence-corrected chi connectivity index (χ2v) is 11.0. The van der Waals surface area contributed by atoms with E-state index in [-0.39, 0.29) is 28.8 Å². The molecule has 0 saturated heterocycles. The van der Waals surface area contributed by atoms with Gasteiger partial charge < -0.3 is 9.84 Å². The maximum atomic E-state index is 13.4. The van der Waals surface area contributed by atoms with E-state index in [1.165, 1.54) is 13.5 Å². The summed E-state index contributed by atoms with van der Waals surface area (Å²) >= 11 is 0. The molecule has 4 fully saturated rings. The second kappa shape index (κ2) is 13.4. The molecule has 8 unspecified atom stereocenters. The topological polar surface area (TPSA) is 63.6 Å². The van der Waals surface area contributed by atoms with E-state index in [1.54, 1.807) is 0 Å². The molecule has 4 heteroatoms. The van der Waals surface area contributed by atoms with Crippen LogP contribution < -0.4 is 0 Å². The molecule has 4 aliphatic carbocycles. The summed E-state index contributed by atoms with van der Waals surface area (Å²) in [5.74, 6) is 2.69. The molecule has 0 radical (unpaired) electrons. The highest BCUT2D eigenvalue weighted by Crippen LogP contribution is 2.67. The maximum absolute atomic E-state index is 13.4. The molecular formula is C30H56O4. The molecule has 0 heterocycles. The number of methoxy groups -OCH3 is 1. The Balaban J connectivity index is 0.000000894. The quantitative estimate of drug-likeness (QED) is 0.426. The maximum Gasteiger partial charge on any atom is 0.305 e. The summed E-state index contributed by atoms with van der Waals surface area (Å²) in [6.45, 7) is 19.0. The van der Waals surface area contributed by atoms with E-state index < -0.39 is 0 Å². The summed E-state index contributed by atoms with van der Waals surface area (Å²) < 4.78 is 4.92. The van der Waals surface area contributed by atoms with E-state index in [0.29, 0.717) is 48.2 Å². The SMILES string of the molecule is CC.CC.CC.COC(=O)C[C@@H](C)C1CCC2C3C(=O)CC4CC(O)CCC4(C)C3CCC21C. The van der Waals surface area contributed by atoms with Crippen molar-refractivity contribution in [2.45, 2.75) is 126 Å². The number of carbonyl (C=O) groups is 2. The van der Waals surface area contributed by atoms with Gasteiger partial charge in [0.25, 0.3) is 0 Å². The number of hydrogen-bond acceptors (Lipinski definition) is 4. The molecule has 34 heavy (non-hydrogen) atoms. The fourth-order valence-corrected chi connectivity index (χ4v) is 8.37. The lowest BCUT2D eigenvalue weighted by molar-refractivity contribution is -0.161. The van der Waals surface area contributed by atoms with Crippen molar-refractivity contribution in [3.63, 3.8) is 0 Å². The number of rotatable bonds is 3. The van der Waals surface area contributed by atoms with Crippen LogP contribution >= 0.6 is 0 Å². The zero-order valence-corrected chi connectivity index (χ0v) is 24.1. The standard InChI is InChI=1S/C24H38O4.3C2H6/c1-14(11-21(27)28-4)17-5-6-18-22-19(8-10-24(17,18)3)23(2)9-7-16(25)12-15(23)13-20(22)26;3*1-2/h14-19,22,25H,5-13H2,1-4H3;3*1-2H3/t14-,15?,16?,17?,18?,19?,22?,23?,24?;;;/m1.../s1. The van der Waals surface area contributed by atoms with E-state index in [1.807, 2.05) is 41.5 Å². The van der Waals surface area contributed by atoms with Crippen LogP contribution in [0.4, 0.5) is 0 Å². The molecule has 9 atom stereocenters. The average Bonchev–Trinajstić information content (AvgIpc) is 3.21. The summed E-state index contributed by atoms with van der Waals surface area (Å²) in [7, 11) is 1.47. The third-order valence-electron chi connectivity index (χ3n) is 9.92. The van der Waals surface area contributed by atoms with Gasteiger partial charge in [-0.1, -0.05) is 62.3 Å². The van der Waals surface area contributed by atoms with E-state index in [2.05, 4.69) is 20.8 Å². The first kappa shape index (κ1) is 31.1. The van der Waals surface area contributed by atoms with Gasteiger partial charge in [-0.25, -0.2) is 0 Å². The highest BCUT2D eigenvalue weighted by molar-refractivity contribution is 5.83. The Morgan fingerprint density at radius 1 is 0.971 bits per heavy atom. The monoisotopic (exact) mass is 480 g/mol. The minimum absolute atomic E-state index is 0.113. The molecule has 0 bridgehead atoms. The van der Waals surface area contributed by atoms with Crippen molar-refractivity contribution in [1.29, 1.82) is 0 Å². The number of Topliss-reactive ketones (excluding diaryl/α,β-unsaturated/α-hetero) is 1. The predicted octanol–water partition coefficient (Wildman–Crippen LogP) is 7.46.